The Labute approximate surface area is 248 Å². The van der Waals surface area contributed by atoms with Crippen LogP contribution in [-0.4, -0.2) is 71.9 Å². The molecule has 2 saturated heterocycles. The highest BCUT2D eigenvalue weighted by Crippen LogP contribution is 2.39. The highest BCUT2D eigenvalue weighted by atomic mass is 19.4. The second-order valence-corrected chi connectivity index (χ2v) is 13.2. The Bertz CT molecular complexity index is 1220. The Morgan fingerprint density at radius 2 is 1.65 bits per heavy atom. The van der Waals surface area contributed by atoms with E-state index in [0.717, 1.165) is 17.7 Å². The standard InChI is InChI=1S/C32H40F6N2O3/c1-30(2,3)28(29(41)42)40-19-24(27(20-40)23-5-4-6-25(33)15-23)18-39-13-11-22(12-14-39)17-31(34,35)16-21-7-9-26(10-8-21)43-32(36,37)38/h4-10,15,22,24,27-28H,11-14,16-20H2,1-3H3,(H,41,42)/t24-,27+,28-/m0/s1. The SMILES string of the molecule is CC(C)(C)[C@H](C(=O)O)N1C[C@H](CN2CCC(CC(F)(F)Cc3ccc(OC(F)(F)F)cc3)CC2)[C@@H](c2cccc(F)c2)C1. The van der Waals surface area contributed by atoms with E-state index in [9.17, 15) is 36.2 Å². The van der Waals surface area contributed by atoms with Crippen LogP contribution >= 0.6 is 0 Å². The molecular weight excluding hydrogens is 574 g/mol. The Kier molecular flexibility index (Phi) is 10.1. The van der Waals surface area contributed by atoms with Crippen LogP contribution in [0.1, 0.15) is 57.1 Å². The van der Waals surface area contributed by atoms with Crippen molar-refractivity contribution in [1.82, 2.24) is 9.80 Å². The number of halogens is 6. The van der Waals surface area contributed by atoms with Gasteiger partial charge in [0.1, 0.15) is 17.6 Å². The number of nitrogens with zero attached hydrogens (tertiary/aromatic N) is 2. The fourth-order valence-electron chi connectivity index (χ4n) is 6.80. The summed E-state index contributed by atoms with van der Waals surface area (Å²) in [5, 5.41) is 10.0. The molecule has 0 spiro atoms. The first-order chi connectivity index (χ1) is 20.0. The molecule has 2 heterocycles. The number of alkyl halides is 5. The number of piperidine rings is 1. The van der Waals surface area contributed by atoms with Gasteiger partial charge in [-0.3, -0.25) is 9.69 Å². The van der Waals surface area contributed by atoms with Gasteiger partial charge in [-0.15, -0.1) is 13.2 Å². The number of hydrogen-bond donors (Lipinski definition) is 1. The van der Waals surface area contributed by atoms with Crippen molar-refractivity contribution in [3.63, 3.8) is 0 Å². The lowest BCUT2D eigenvalue weighted by Gasteiger charge is -2.36. The summed E-state index contributed by atoms with van der Waals surface area (Å²) < 4.78 is 84.9. The number of carboxylic acids is 1. The highest BCUT2D eigenvalue weighted by molar-refractivity contribution is 5.74. The van der Waals surface area contributed by atoms with E-state index in [1.165, 1.54) is 24.3 Å². The van der Waals surface area contributed by atoms with E-state index < -0.39 is 41.9 Å². The normalized spacial score (nSPS) is 22.1. The zero-order valence-corrected chi connectivity index (χ0v) is 24.7. The van der Waals surface area contributed by atoms with Crippen molar-refractivity contribution in [2.75, 3.05) is 32.7 Å². The van der Waals surface area contributed by atoms with Crippen molar-refractivity contribution in [3.8, 4) is 5.75 Å². The predicted octanol–water partition coefficient (Wildman–Crippen LogP) is 7.22. The van der Waals surface area contributed by atoms with Crippen LogP contribution < -0.4 is 4.74 Å². The molecule has 2 fully saturated rings. The monoisotopic (exact) mass is 614 g/mol. The third-order valence-electron chi connectivity index (χ3n) is 8.57. The van der Waals surface area contributed by atoms with Crippen LogP contribution in [0.25, 0.3) is 0 Å². The molecule has 2 aromatic rings. The summed E-state index contributed by atoms with van der Waals surface area (Å²) in [6, 6.07) is 10.3. The molecule has 0 unspecified atom stereocenters. The molecule has 0 saturated carbocycles. The van der Waals surface area contributed by atoms with Crippen LogP contribution in [0.4, 0.5) is 26.3 Å². The fourth-order valence-corrected chi connectivity index (χ4v) is 6.80. The number of carboxylic acid groups (broad SMARTS) is 1. The van der Waals surface area contributed by atoms with Crippen LogP contribution in [0.15, 0.2) is 48.5 Å². The van der Waals surface area contributed by atoms with Crippen molar-refractivity contribution in [1.29, 1.82) is 0 Å². The summed E-state index contributed by atoms with van der Waals surface area (Å²) in [5.41, 5.74) is 0.564. The van der Waals surface area contributed by atoms with Crippen molar-refractivity contribution in [2.45, 2.75) is 70.7 Å². The van der Waals surface area contributed by atoms with Crippen molar-refractivity contribution >= 4 is 5.97 Å². The molecule has 43 heavy (non-hydrogen) atoms. The number of aliphatic carboxylic acids is 1. The van der Waals surface area contributed by atoms with Crippen molar-refractivity contribution in [3.05, 3.63) is 65.5 Å². The van der Waals surface area contributed by atoms with Gasteiger partial charge in [0.2, 0.25) is 0 Å². The smallest absolute Gasteiger partial charge is 0.480 e. The Hall–Kier alpha value is -2.79. The van der Waals surface area contributed by atoms with Crippen molar-refractivity contribution < 1.29 is 41.0 Å². The number of carbonyl (C=O) groups is 1. The van der Waals surface area contributed by atoms with Crippen molar-refractivity contribution in [2.24, 2.45) is 17.3 Å². The summed E-state index contributed by atoms with van der Waals surface area (Å²) in [4.78, 5) is 16.5. The van der Waals surface area contributed by atoms with E-state index in [-0.39, 0.29) is 35.6 Å². The van der Waals surface area contributed by atoms with E-state index in [1.54, 1.807) is 6.07 Å². The zero-order chi connectivity index (χ0) is 31.6. The van der Waals surface area contributed by atoms with Gasteiger partial charge in [0.15, 0.2) is 0 Å². The van der Waals surface area contributed by atoms with E-state index >= 15 is 0 Å². The van der Waals surface area contributed by atoms with Gasteiger partial charge in [0.25, 0.3) is 5.92 Å². The Morgan fingerprint density at radius 3 is 2.21 bits per heavy atom. The minimum absolute atomic E-state index is 0.0493. The number of rotatable bonds is 10. The van der Waals surface area contributed by atoms with Gasteiger partial charge < -0.3 is 14.7 Å². The largest absolute Gasteiger partial charge is 0.573 e. The maximum atomic E-state index is 14.9. The van der Waals surface area contributed by atoms with E-state index in [1.807, 2.05) is 31.7 Å². The molecular formula is C32H40F6N2O3. The van der Waals surface area contributed by atoms with Crippen LogP contribution in [-0.2, 0) is 11.2 Å². The van der Waals surface area contributed by atoms with E-state index in [2.05, 4.69) is 9.64 Å². The van der Waals surface area contributed by atoms with Gasteiger partial charge >= 0.3 is 12.3 Å². The number of hydrogen-bond acceptors (Lipinski definition) is 4. The summed E-state index contributed by atoms with van der Waals surface area (Å²) in [7, 11) is 0. The molecule has 3 atom stereocenters. The molecule has 4 rings (SSSR count). The minimum Gasteiger partial charge on any atom is -0.480 e. The third-order valence-corrected chi connectivity index (χ3v) is 8.57. The molecule has 0 aliphatic carbocycles. The molecule has 238 valence electrons. The maximum Gasteiger partial charge on any atom is 0.573 e. The lowest BCUT2D eigenvalue weighted by molar-refractivity contribution is -0.274. The predicted molar refractivity (Wildman–Crippen MR) is 151 cm³/mol. The zero-order valence-electron chi connectivity index (χ0n) is 24.7. The molecule has 0 amide bonds. The fraction of sp³-hybridized carbons (Fsp3) is 0.594. The molecule has 5 nitrogen and oxygen atoms in total. The van der Waals surface area contributed by atoms with Gasteiger partial charge in [0.05, 0.1) is 0 Å². The van der Waals surface area contributed by atoms with Gasteiger partial charge in [-0.05, 0) is 78.6 Å². The van der Waals surface area contributed by atoms with Gasteiger partial charge in [0, 0.05) is 38.4 Å². The molecule has 0 bridgehead atoms. The second kappa shape index (κ2) is 13.1. The van der Waals surface area contributed by atoms with Crippen LogP contribution in [0, 0.1) is 23.1 Å². The topological polar surface area (TPSA) is 53.0 Å². The first-order valence-electron chi connectivity index (χ1n) is 14.7. The summed E-state index contributed by atoms with van der Waals surface area (Å²) in [5.74, 6) is -4.90. The number of ether oxygens (including phenoxy) is 1. The molecule has 0 radical (unpaired) electrons. The van der Waals surface area contributed by atoms with Crippen LogP contribution in [0.2, 0.25) is 0 Å². The first-order valence-corrected chi connectivity index (χ1v) is 14.7. The average Bonchev–Trinajstić information content (AvgIpc) is 3.26. The number of benzene rings is 2. The lowest BCUT2D eigenvalue weighted by Crippen LogP contribution is -2.48. The molecule has 2 aromatic carbocycles. The highest BCUT2D eigenvalue weighted by Gasteiger charge is 2.45. The quantitative estimate of drug-likeness (QED) is 0.287. The molecule has 11 heteroatoms. The van der Waals surface area contributed by atoms with Crippen LogP contribution in [0.3, 0.4) is 0 Å². The summed E-state index contributed by atoms with van der Waals surface area (Å²) >= 11 is 0. The first kappa shape index (κ1) is 33.1. The Balaban J connectivity index is 1.35. The molecule has 2 aliphatic heterocycles. The average molecular weight is 615 g/mol. The third kappa shape index (κ3) is 9.35. The van der Waals surface area contributed by atoms with Gasteiger partial charge in [-0.2, -0.15) is 0 Å². The number of likely N-dealkylation sites (tertiary alicyclic amines) is 2. The summed E-state index contributed by atoms with van der Waals surface area (Å²) in [6.45, 7) is 8.63. The summed E-state index contributed by atoms with van der Waals surface area (Å²) in [6.07, 6.45) is -4.56. The Morgan fingerprint density at radius 1 is 1.00 bits per heavy atom. The molecule has 1 N–H and O–H groups in total. The molecule has 0 aromatic heterocycles. The van der Waals surface area contributed by atoms with E-state index in [0.29, 0.717) is 45.6 Å². The van der Waals surface area contributed by atoms with E-state index in [4.69, 9.17) is 0 Å². The lowest BCUT2D eigenvalue weighted by atomic mass is 9.85. The van der Waals surface area contributed by atoms with Crippen LogP contribution in [0.5, 0.6) is 5.75 Å². The maximum absolute atomic E-state index is 14.9. The molecule has 2 aliphatic rings. The minimum atomic E-state index is -4.84. The second-order valence-electron chi connectivity index (χ2n) is 13.2. The van der Waals surface area contributed by atoms with Gasteiger partial charge in [-0.25, -0.2) is 13.2 Å². The van der Waals surface area contributed by atoms with Gasteiger partial charge in [-0.1, -0.05) is 45.0 Å².